The molecule has 126 valence electrons. The van der Waals surface area contributed by atoms with E-state index >= 15 is 0 Å². The van der Waals surface area contributed by atoms with E-state index in [1.165, 1.54) is 0 Å². The van der Waals surface area contributed by atoms with Gasteiger partial charge in [0.05, 0.1) is 12.2 Å². The summed E-state index contributed by atoms with van der Waals surface area (Å²) < 4.78 is 5.61. The fourth-order valence-corrected chi connectivity index (χ4v) is 2.97. The molecule has 2 aromatic carbocycles. The lowest BCUT2D eigenvalue weighted by Gasteiger charge is -2.31. The second kappa shape index (κ2) is 7.21. The minimum Gasteiger partial charge on any atom is -0.490 e. The highest BCUT2D eigenvalue weighted by Crippen LogP contribution is 2.33. The van der Waals surface area contributed by atoms with Crippen LogP contribution in [0.2, 0.25) is 5.02 Å². The van der Waals surface area contributed by atoms with Crippen LogP contribution in [0.1, 0.15) is 11.1 Å². The Balaban J connectivity index is 1.80. The summed E-state index contributed by atoms with van der Waals surface area (Å²) in [5, 5.41) is 10.9. The Morgan fingerprint density at radius 2 is 2.12 bits per heavy atom. The molecule has 1 aliphatic rings. The number of benzene rings is 2. The van der Waals surface area contributed by atoms with Crippen LogP contribution in [0.15, 0.2) is 42.5 Å². The molecule has 0 bridgehead atoms. The second-order valence-electron chi connectivity index (χ2n) is 5.66. The Hall–Kier alpha value is -2.08. The standard InChI is InChI=1S/C18H19ClN2O3/c19-14-4-2-1-3-13(14)10-16(22)18(23)21-7-8-24-17-9-12(11-20)5-6-15(17)21/h1-6,9,16,22H,7-8,10-11,20H2. The maximum Gasteiger partial charge on any atom is 0.256 e. The van der Waals surface area contributed by atoms with E-state index in [0.29, 0.717) is 36.2 Å². The number of hydrogen-bond donors (Lipinski definition) is 2. The van der Waals surface area contributed by atoms with Crippen LogP contribution in [0.25, 0.3) is 0 Å². The van der Waals surface area contributed by atoms with Crippen molar-refractivity contribution in [3.05, 3.63) is 58.6 Å². The summed E-state index contributed by atoms with van der Waals surface area (Å²) in [4.78, 5) is 14.2. The van der Waals surface area contributed by atoms with Crippen molar-refractivity contribution in [1.29, 1.82) is 0 Å². The van der Waals surface area contributed by atoms with E-state index in [-0.39, 0.29) is 12.3 Å². The van der Waals surface area contributed by atoms with Crippen LogP contribution in [0, 0.1) is 0 Å². The first kappa shape index (κ1) is 16.8. The molecule has 1 amide bonds. The predicted molar refractivity (Wildman–Crippen MR) is 93.3 cm³/mol. The second-order valence-corrected chi connectivity index (χ2v) is 6.06. The molecule has 1 atom stereocenters. The Labute approximate surface area is 145 Å². The summed E-state index contributed by atoms with van der Waals surface area (Å²) in [6.45, 7) is 1.18. The topological polar surface area (TPSA) is 75.8 Å². The van der Waals surface area contributed by atoms with Crippen LogP contribution in [0.4, 0.5) is 5.69 Å². The minimum absolute atomic E-state index is 0.173. The number of fused-ring (bicyclic) bond motifs is 1. The van der Waals surface area contributed by atoms with Gasteiger partial charge in [-0.2, -0.15) is 0 Å². The van der Waals surface area contributed by atoms with Crippen LogP contribution < -0.4 is 15.4 Å². The third kappa shape index (κ3) is 3.38. The SMILES string of the molecule is NCc1ccc2c(c1)OCCN2C(=O)C(O)Cc1ccccc1Cl. The molecule has 0 aliphatic carbocycles. The molecule has 3 N–H and O–H groups in total. The lowest BCUT2D eigenvalue weighted by Crippen LogP contribution is -2.44. The van der Waals surface area contributed by atoms with Gasteiger partial charge in [0.2, 0.25) is 0 Å². The fraction of sp³-hybridized carbons (Fsp3) is 0.278. The number of rotatable bonds is 4. The molecule has 1 heterocycles. The van der Waals surface area contributed by atoms with Gasteiger partial charge in [0.1, 0.15) is 18.5 Å². The molecule has 6 heteroatoms. The van der Waals surface area contributed by atoms with Gasteiger partial charge >= 0.3 is 0 Å². The monoisotopic (exact) mass is 346 g/mol. The molecule has 1 unspecified atom stereocenters. The summed E-state index contributed by atoms with van der Waals surface area (Å²) in [5.41, 5.74) is 7.96. The molecule has 5 nitrogen and oxygen atoms in total. The molecule has 24 heavy (non-hydrogen) atoms. The van der Waals surface area contributed by atoms with Crippen molar-refractivity contribution < 1.29 is 14.6 Å². The van der Waals surface area contributed by atoms with Crippen molar-refractivity contribution in [2.75, 3.05) is 18.1 Å². The Bertz CT molecular complexity index is 751. The first-order chi connectivity index (χ1) is 11.6. The Morgan fingerprint density at radius 3 is 2.88 bits per heavy atom. The number of ether oxygens (including phenoxy) is 1. The van der Waals surface area contributed by atoms with E-state index in [1.807, 2.05) is 24.3 Å². The van der Waals surface area contributed by atoms with Gasteiger partial charge in [-0.3, -0.25) is 4.79 Å². The first-order valence-corrected chi connectivity index (χ1v) is 8.16. The summed E-state index contributed by atoms with van der Waals surface area (Å²) in [6.07, 6.45) is -0.989. The summed E-state index contributed by atoms with van der Waals surface area (Å²) >= 11 is 6.11. The van der Waals surface area contributed by atoms with Crippen LogP contribution in [-0.4, -0.2) is 30.3 Å². The minimum atomic E-state index is -1.16. The van der Waals surface area contributed by atoms with Gasteiger partial charge < -0.3 is 20.5 Å². The average Bonchev–Trinajstić information content (AvgIpc) is 2.61. The number of amides is 1. The first-order valence-electron chi connectivity index (χ1n) is 7.79. The van der Waals surface area contributed by atoms with Crippen molar-refractivity contribution in [1.82, 2.24) is 0 Å². The number of anilines is 1. The molecule has 0 aromatic heterocycles. The number of aliphatic hydroxyl groups excluding tert-OH is 1. The van der Waals surface area contributed by atoms with Gasteiger partial charge in [-0.25, -0.2) is 0 Å². The molecular weight excluding hydrogens is 328 g/mol. The molecule has 0 fully saturated rings. The van der Waals surface area contributed by atoms with Gasteiger partial charge in [0, 0.05) is 18.0 Å². The number of nitrogens with zero attached hydrogens (tertiary/aromatic N) is 1. The van der Waals surface area contributed by atoms with Crippen LogP contribution in [0.3, 0.4) is 0 Å². The van der Waals surface area contributed by atoms with E-state index in [1.54, 1.807) is 23.1 Å². The highest BCUT2D eigenvalue weighted by Gasteiger charge is 2.29. The van der Waals surface area contributed by atoms with Gasteiger partial charge in [-0.1, -0.05) is 35.9 Å². The molecule has 0 spiro atoms. The lowest BCUT2D eigenvalue weighted by molar-refractivity contribution is -0.126. The van der Waals surface area contributed by atoms with E-state index in [0.717, 1.165) is 11.1 Å². The molecule has 0 saturated carbocycles. The molecule has 3 rings (SSSR count). The number of nitrogens with two attached hydrogens (primary N) is 1. The number of carbonyl (C=O) groups is 1. The Kier molecular flexibility index (Phi) is 5.04. The number of carbonyl (C=O) groups excluding carboxylic acids is 1. The zero-order valence-electron chi connectivity index (χ0n) is 13.1. The highest BCUT2D eigenvalue weighted by molar-refractivity contribution is 6.31. The summed E-state index contributed by atoms with van der Waals surface area (Å²) in [5.74, 6) is 0.252. The van der Waals surface area contributed by atoms with E-state index in [9.17, 15) is 9.90 Å². The van der Waals surface area contributed by atoms with Crippen LogP contribution in [0.5, 0.6) is 5.75 Å². The van der Waals surface area contributed by atoms with E-state index in [4.69, 9.17) is 22.1 Å². The Morgan fingerprint density at radius 1 is 1.33 bits per heavy atom. The lowest BCUT2D eigenvalue weighted by atomic mass is 10.1. The van der Waals surface area contributed by atoms with Crippen molar-refractivity contribution in [2.45, 2.75) is 19.1 Å². The van der Waals surface area contributed by atoms with Crippen LogP contribution in [-0.2, 0) is 17.8 Å². The van der Waals surface area contributed by atoms with Gasteiger partial charge in [0.15, 0.2) is 0 Å². The molecule has 0 saturated heterocycles. The third-order valence-electron chi connectivity index (χ3n) is 4.05. The predicted octanol–water partition coefficient (Wildman–Crippen LogP) is 2.13. The van der Waals surface area contributed by atoms with Crippen molar-refractivity contribution in [3.63, 3.8) is 0 Å². The molecule has 1 aliphatic heterocycles. The van der Waals surface area contributed by atoms with E-state index in [2.05, 4.69) is 0 Å². The zero-order chi connectivity index (χ0) is 17.1. The van der Waals surface area contributed by atoms with Gasteiger partial charge in [-0.05, 0) is 29.3 Å². The maximum absolute atomic E-state index is 12.7. The average molecular weight is 347 g/mol. The van der Waals surface area contributed by atoms with Gasteiger partial charge in [-0.15, -0.1) is 0 Å². The fourth-order valence-electron chi connectivity index (χ4n) is 2.76. The maximum atomic E-state index is 12.7. The number of hydrogen-bond acceptors (Lipinski definition) is 4. The van der Waals surface area contributed by atoms with E-state index < -0.39 is 6.10 Å². The normalized spacial score (nSPS) is 14.7. The zero-order valence-corrected chi connectivity index (χ0v) is 13.9. The van der Waals surface area contributed by atoms with Crippen molar-refractivity contribution >= 4 is 23.2 Å². The summed E-state index contributed by atoms with van der Waals surface area (Å²) in [6, 6.07) is 12.7. The third-order valence-corrected chi connectivity index (χ3v) is 4.41. The quantitative estimate of drug-likeness (QED) is 0.889. The number of aliphatic hydroxyl groups is 1. The van der Waals surface area contributed by atoms with Gasteiger partial charge in [0.25, 0.3) is 5.91 Å². The largest absolute Gasteiger partial charge is 0.490 e. The van der Waals surface area contributed by atoms with Crippen molar-refractivity contribution in [3.8, 4) is 5.75 Å². The summed E-state index contributed by atoms with van der Waals surface area (Å²) in [7, 11) is 0. The molecule has 2 aromatic rings. The highest BCUT2D eigenvalue weighted by atomic mass is 35.5. The molecule has 0 radical (unpaired) electrons. The van der Waals surface area contributed by atoms with Crippen molar-refractivity contribution in [2.24, 2.45) is 5.73 Å². The van der Waals surface area contributed by atoms with Crippen LogP contribution >= 0.6 is 11.6 Å². The smallest absolute Gasteiger partial charge is 0.256 e. The molecular formula is C18H19ClN2O3. The number of halogens is 1.